The summed E-state index contributed by atoms with van der Waals surface area (Å²) in [7, 11) is 0. The standard InChI is InChI=1S/C24H22N8O/c1-13(15-5-8-18(28-12-15)14-3-4-14)32-23-20(19(11-25)31-32)24(33)30-22(29-23)17-7-6-16(17)21-26-9-2-10-27-21/h2,5,8-10,12-14,16-17H,3-4,6-7H2,1H3,(H,29,30,33). The van der Waals surface area contributed by atoms with Gasteiger partial charge in [-0.1, -0.05) is 6.07 Å². The monoisotopic (exact) mass is 438 g/mol. The first kappa shape index (κ1) is 19.7. The number of hydrogen-bond acceptors (Lipinski definition) is 7. The topological polar surface area (TPSA) is 126 Å². The van der Waals surface area contributed by atoms with Crippen LogP contribution in [0, 0.1) is 11.3 Å². The zero-order chi connectivity index (χ0) is 22.5. The lowest BCUT2D eigenvalue weighted by Crippen LogP contribution is -2.28. The van der Waals surface area contributed by atoms with Crippen molar-refractivity contribution in [1.29, 1.82) is 5.26 Å². The van der Waals surface area contributed by atoms with E-state index in [4.69, 9.17) is 4.98 Å². The number of aromatic amines is 1. The first-order valence-corrected chi connectivity index (χ1v) is 11.3. The van der Waals surface area contributed by atoms with E-state index in [1.54, 1.807) is 23.1 Å². The molecule has 3 atom stereocenters. The number of nitriles is 1. The van der Waals surface area contributed by atoms with Gasteiger partial charge in [-0.15, -0.1) is 0 Å². The smallest absolute Gasteiger partial charge is 0.263 e. The van der Waals surface area contributed by atoms with Crippen molar-refractivity contribution >= 4 is 11.0 Å². The van der Waals surface area contributed by atoms with Gasteiger partial charge >= 0.3 is 0 Å². The molecular formula is C24H22N8O. The lowest BCUT2D eigenvalue weighted by Gasteiger charge is -2.34. The summed E-state index contributed by atoms with van der Waals surface area (Å²) in [6.45, 7) is 1.98. The first-order chi connectivity index (χ1) is 16.1. The van der Waals surface area contributed by atoms with E-state index >= 15 is 0 Å². The van der Waals surface area contributed by atoms with Gasteiger partial charge in [0.05, 0.1) is 6.04 Å². The Balaban J connectivity index is 1.41. The van der Waals surface area contributed by atoms with Crippen LogP contribution in [0.3, 0.4) is 0 Å². The summed E-state index contributed by atoms with van der Waals surface area (Å²) in [5, 5.41) is 14.3. The van der Waals surface area contributed by atoms with Crippen LogP contribution in [0.2, 0.25) is 0 Å². The fourth-order valence-corrected chi connectivity index (χ4v) is 4.65. The molecule has 6 rings (SSSR count). The second kappa shape index (κ2) is 7.59. The molecule has 4 aromatic rings. The Labute approximate surface area is 189 Å². The molecule has 2 aliphatic carbocycles. The highest BCUT2D eigenvalue weighted by Gasteiger charge is 2.38. The van der Waals surface area contributed by atoms with Crippen LogP contribution in [0.4, 0.5) is 0 Å². The van der Waals surface area contributed by atoms with Gasteiger partial charge in [-0.3, -0.25) is 9.78 Å². The van der Waals surface area contributed by atoms with Gasteiger partial charge in [0.15, 0.2) is 11.3 Å². The maximum atomic E-state index is 13.0. The van der Waals surface area contributed by atoms with Crippen LogP contribution in [0.1, 0.15) is 85.0 Å². The number of fused-ring (bicyclic) bond motifs is 1. The Morgan fingerprint density at radius 1 is 1.12 bits per heavy atom. The van der Waals surface area contributed by atoms with Crippen LogP contribution in [0.15, 0.2) is 41.6 Å². The van der Waals surface area contributed by atoms with Crippen LogP contribution < -0.4 is 5.56 Å². The molecule has 0 aliphatic heterocycles. The molecule has 2 saturated carbocycles. The van der Waals surface area contributed by atoms with Gasteiger partial charge in [0.25, 0.3) is 5.56 Å². The molecule has 2 aliphatic rings. The lowest BCUT2D eigenvalue weighted by atomic mass is 9.72. The Kier molecular flexibility index (Phi) is 4.54. The molecule has 1 N–H and O–H groups in total. The Morgan fingerprint density at radius 2 is 1.91 bits per heavy atom. The van der Waals surface area contributed by atoms with Gasteiger partial charge in [-0.05, 0) is 50.3 Å². The molecule has 164 valence electrons. The quantitative estimate of drug-likeness (QED) is 0.506. The van der Waals surface area contributed by atoms with Crippen LogP contribution >= 0.6 is 0 Å². The number of H-pyrrole nitrogens is 1. The van der Waals surface area contributed by atoms with Gasteiger partial charge in [-0.2, -0.15) is 10.4 Å². The lowest BCUT2D eigenvalue weighted by molar-refractivity contribution is 0.319. The van der Waals surface area contributed by atoms with Crippen molar-refractivity contribution in [1.82, 2.24) is 34.7 Å². The summed E-state index contributed by atoms with van der Waals surface area (Å²) in [5.74, 6) is 2.06. The Bertz CT molecular complexity index is 1430. The van der Waals surface area contributed by atoms with Crippen molar-refractivity contribution in [3.05, 3.63) is 75.7 Å². The van der Waals surface area contributed by atoms with Gasteiger partial charge in [0, 0.05) is 42.0 Å². The van der Waals surface area contributed by atoms with Crippen molar-refractivity contribution in [2.45, 2.75) is 56.4 Å². The van der Waals surface area contributed by atoms with E-state index in [0.29, 0.717) is 17.4 Å². The average Bonchev–Trinajstić information content (AvgIpc) is 3.59. The molecule has 2 fully saturated rings. The molecule has 0 saturated heterocycles. The normalized spacial score (nSPS) is 20.8. The summed E-state index contributed by atoms with van der Waals surface area (Å²) >= 11 is 0. The number of nitrogens with zero attached hydrogens (tertiary/aromatic N) is 7. The molecule has 3 unspecified atom stereocenters. The van der Waals surface area contributed by atoms with E-state index < -0.39 is 0 Å². The SMILES string of the molecule is CC(c1ccc(C2CC2)nc1)n1nc(C#N)c2c(=O)[nH]c(C3CCC3c3ncccn3)nc21. The van der Waals surface area contributed by atoms with Crippen molar-refractivity contribution in [3.8, 4) is 6.07 Å². The molecular weight excluding hydrogens is 416 g/mol. The van der Waals surface area contributed by atoms with E-state index in [1.165, 1.54) is 12.8 Å². The molecule has 0 radical (unpaired) electrons. The number of hydrogen-bond donors (Lipinski definition) is 1. The third-order valence-electron chi connectivity index (χ3n) is 6.88. The minimum absolute atomic E-state index is 0.0215. The number of pyridine rings is 1. The van der Waals surface area contributed by atoms with Gasteiger partial charge in [-0.25, -0.2) is 19.6 Å². The zero-order valence-electron chi connectivity index (χ0n) is 18.1. The van der Waals surface area contributed by atoms with Crippen molar-refractivity contribution in [3.63, 3.8) is 0 Å². The van der Waals surface area contributed by atoms with Crippen molar-refractivity contribution < 1.29 is 0 Å². The highest BCUT2D eigenvalue weighted by atomic mass is 16.1. The predicted octanol–water partition coefficient (Wildman–Crippen LogP) is 3.32. The average molecular weight is 438 g/mol. The minimum atomic E-state index is -0.341. The van der Waals surface area contributed by atoms with Crippen LogP contribution in [0.5, 0.6) is 0 Å². The first-order valence-electron chi connectivity index (χ1n) is 11.3. The maximum Gasteiger partial charge on any atom is 0.263 e. The molecule has 0 bridgehead atoms. The summed E-state index contributed by atoms with van der Waals surface area (Å²) < 4.78 is 1.67. The van der Waals surface area contributed by atoms with E-state index in [-0.39, 0.29) is 34.5 Å². The molecule has 9 heteroatoms. The number of nitrogens with one attached hydrogen (secondary N) is 1. The minimum Gasteiger partial charge on any atom is -0.310 e. The van der Waals surface area contributed by atoms with E-state index in [2.05, 4.69) is 37.2 Å². The second-order valence-electron chi connectivity index (χ2n) is 8.92. The third-order valence-corrected chi connectivity index (χ3v) is 6.88. The summed E-state index contributed by atoms with van der Waals surface area (Å²) in [4.78, 5) is 34.1. The fourth-order valence-electron chi connectivity index (χ4n) is 4.65. The fraction of sp³-hybridized carbons (Fsp3) is 0.375. The van der Waals surface area contributed by atoms with Crippen molar-refractivity contribution in [2.24, 2.45) is 0 Å². The molecule has 0 spiro atoms. The van der Waals surface area contributed by atoms with Gasteiger partial charge in [0.2, 0.25) is 0 Å². The molecule has 4 heterocycles. The van der Waals surface area contributed by atoms with Gasteiger partial charge < -0.3 is 4.98 Å². The van der Waals surface area contributed by atoms with Crippen molar-refractivity contribution in [2.75, 3.05) is 0 Å². The number of aromatic nitrogens is 7. The highest BCUT2D eigenvalue weighted by molar-refractivity contribution is 5.80. The summed E-state index contributed by atoms with van der Waals surface area (Å²) in [6, 6.07) is 7.72. The summed E-state index contributed by atoms with van der Waals surface area (Å²) in [5.41, 5.74) is 2.23. The second-order valence-corrected chi connectivity index (χ2v) is 8.92. The highest BCUT2D eigenvalue weighted by Crippen LogP contribution is 2.46. The molecule has 9 nitrogen and oxygen atoms in total. The third kappa shape index (κ3) is 3.30. The van der Waals surface area contributed by atoms with E-state index in [9.17, 15) is 10.1 Å². The molecule has 33 heavy (non-hydrogen) atoms. The van der Waals surface area contributed by atoms with Crippen LogP contribution in [0.25, 0.3) is 11.0 Å². The van der Waals surface area contributed by atoms with Crippen LogP contribution in [-0.4, -0.2) is 34.7 Å². The van der Waals surface area contributed by atoms with Crippen LogP contribution in [-0.2, 0) is 0 Å². The Hall–Kier alpha value is -3.93. The molecule has 0 amide bonds. The van der Waals surface area contributed by atoms with E-state index in [0.717, 1.165) is 29.9 Å². The predicted molar refractivity (Wildman–Crippen MR) is 120 cm³/mol. The van der Waals surface area contributed by atoms with Gasteiger partial charge in [0.1, 0.15) is 23.1 Å². The van der Waals surface area contributed by atoms with E-state index in [1.807, 2.05) is 19.2 Å². The largest absolute Gasteiger partial charge is 0.310 e. The summed E-state index contributed by atoms with van der Waals surface area (Å²) in [6.07, 6.45) is 9.55. The molecule has 4 aromatic heterocycles. The number of rotatable bonds is 5. The maximum absolute atomic E-state index is 13.0. The zero-order valence-corrected chi connectivity index (χ0v) is 18.1. The Morgan fingerprint density at radius 3 is 2.55 bits per heavy atom. The molecule has 0 aromatic carbocycles.